The van der Waals surface area contributed by atoms with E-state index in [0.717, 1.165) is 55.0 Å². The van der Waals surface area contributed by atoms with Crippen molar-refractivity contribution in [3.63, 3.8) is 0 Å². The molecule has 2 heterocycles. The molecule has 8 heteroatoms. The van der Waals surface area contributed by atoms with Gasteiger partial charge in [0.2, 0.25) is 10.3 Å². The maximum atomic E-state index is 4.58. The zero-order chi connectivity index (χ0) is 17.1. The first-order valence-electron chi connectivity index (χ1n) is 7.88. The molecular weight excluding hydrogens is 340 g/mol. The number of rotatable bonds is 6. The minimum atomic E-state index is 0.803. The van der Waals surface area contributed by atoms with Gasteiger partial charge in [-0.05, 0) is 38.8 Å². The molecule has 1 aromatic carbocycles. The molecule has 24 heavy (non-hydrogen) atoms. The molecule has 0 unspecified atom stereocenters. The fraction of sp³-hybridized carbons (Fsp3) is 0.375. The summed E-state index contributed by atoms with van der Waals surface area (Å²) in [5.74, 6) is 0. The van der Waals surface area contributed by atoms with Crippen molar-refractivity contribution in [2.45, 2.75) is 40.5 Å². The number of anilines is 2. The molecule has 0 bridgehead atoms. The molecule has 0 saturated carbocycles. The van der Waals surface area contributed by atoms with Gasteiger partial charge in [-0.3, -0.25) is 10.9 Å². The Balaban J connectivity index is 1.87. The monoisotopic (exact) mass is 360 g/mol. The van der Waals surface area contributed by atoms with Gasteiger partial charge in [0.15, 0.2) is 0 Å². The lowest BCUT2D eigenvalue weighted by molar-refractivity contribution is 1.20. The number of hydrogen-bond acceptors (Lipinski definition) is 8. The van der Waals surface area contributed by atoms with Crippen LogP contribution in [0.25, 0.3) is 20.4 Å². The Morgan fingerprint density at radius 2 is 1.33 bits per heavy atom. The number of thiazole rings is 2. The van der Waals surface area contributed by atoms with Crippen LogP contribution in [0.5, 0.6) is 0 Å². The molecule has 0 aliphatic heterocycles. The Labute approximate surface area is 148 Å². The molecule has 0 atom stereocenters. The van der Waals surface area contributed by atoms with Crippen LogP contribution in [-0.4, -0.2) is 21.4 Å². The van der Waals surface area contributed by atoms with Gasteiger partial charge in [0.1, 0.15) is 0 Å². The van der Waals surface area contributed by atoms with Crippen molar-refractivity contribution in [1.29, 1.82) is 0 Å². The van der Waals surface area contributed by atoms with E-state index < -0.39 is 0 Å². The van der Waals surface area contributed by atoms with Crippen molar-refractivity contribution in [3.8, 4) is 0 Å². The summed E-state index contributed by atoms with van der Waals surface area (Å²) in [6.45, 7) is 8.15. The molecule has 0 amide bonds. The molecule has 2 aromatic heterocycles. The summed E-state index contributed by atoms with van der Waals surface area (Å²) in [6.07, 6.45) is 1.85. The van der Waals surface area contributed by atoms with Gasteiger partial charge < -0.3 is 0 Å². The topological polar surface area (TPSA) is 74.6 Å². The Bertz CT molecular complexity index is 799. The van der Waals surface area contributed by atoms with Gasteiger partial charge in [-0.25, -0.2) is 9.97 Å². The summed E-state index contributed by atoms with van der Waals surface area (Å²) in [5.41, 5.74) is 10.0. The Morgan fingerprint density at radius 3 is 1.75 bits per heavy atom. The van der Waals surface area contributed by atoms with Gasteiger partial charge in [-0.2, -0.15) is 10.2 Å². The van der Waals surface area contributed by atoms with Gasteiger partial charge >= 0.3 is 0 Å². The first kappa shape index (κ1) is 16.8. The van der Waals surface area contributed by atoms with Crippen LogP contribution in [0.4, 0.5) is 10.3 Å². The quantitative estimate of drug-likeness (QED) is 0.462. The van der Waals surface area contributed by atoms with Crippen LogP contribution in [0.15, 0.2) is 22.3 Å². The SMILES string of the molecule is CC/C(C)=N\Nc1nc2cc3nc(N/N=C(\C)CC)sc3cc2s1. The average molecular weight is 361 g/mol. The highest BCUT2D eigenvalue weighted by atomic mass is 32.1. The van der Waals surface area contributed by atoms with E-state index in [1.54, 1.807) is 22.7 Å². The Kier molecular flexibility index (Phi) is 5.06. The van der Waals surface area contributed by atoms with Gasteiger partial charge in [0, 0.05) is 11.4 Å². The van der Waals surface area contributed by atoms with E-state index >= 15 is 0 Å². The summed E-state index contributed by atoms with van der Waals surface area (Å²) < 4.78 is 2.25. The second kappa shape index (κ2) is 7.23. The average Bonchev–Trinajstić information content (AvgIpc) is 3.17. The maximum absolute atomic E-state index is 4.58. The number of nitrogens with zero attached hydrogens (tertiary/aromatic N) is 4. The van der Waals surface area contributed by atoms with Crippen LogP contribution in [0.1, 0.15) is 40.5 Å². The van der Waals surface area contributed by atoms with Gasteiger partial charge in [0.25, 0.3) is 0 Å². The third-order valence-corrected chi connectivity index (χ3v) is 5.45. The van der Waals surface area contributed by atoms with E-state index in [1.807, 2.05) is 19.9 Å². The second-order valence-electron chi connectivity index (χ2n) is 5.45. The van der Waals surface area contributed by atoms with E-state index in [4.69, 9.17) is 0 Å². The maximum Gasteiger partial charge on any atom is 0.204 e. The second-order valence-corrected chi connectivity index (χ2v) is 7.51. The third kappa shape index (κ3) is 3.70. The van der Waals surface area contributed by atoms with E-state index in [-0.39, 0.29) is 0 Å². The number of fused-ring (bicyclic) bond motifs is 2. The number of hydrazone groups is 2. The van der Waals surface area contributed by atoms with Crippen molar-refractivity contribution in [1.82, 2.24) is 9.97 Å². The van der Waals surface area contributed by atoms with Crippen molar-refractivity contribution < 1.29 is 0 Å². The fourth-order valence-corrected chi connectivity index (χ4v) is 3.62. The molecule has 0 fully saturated rings. The van der Waals surface area contributed by atoms with E-state index in [9.17, 15) is 0 Å². The minimum absolute atomic E-state index is 0.803. The number of aromatic nitrogens is 2. The molecule has 0 radical (unpaired) electrons. The normalized spacial score (nSPS) is 13.0. The summed E-state index contributed by atoms with van der Waals surface area (Å²) in [4.78, 5) is 9.17. The minimum Gasteiger partial charge on any atom is -0.253 e. The zero-order valence-electron chi connectivity index (χ0n) is 14.2. The summed E-state index contributed by atoms with van der Waals surface area (Å²) in [7, 11) is 0. The zero-order valence-corrected chi connectivity index (χ0v) is 15.8. The van der Waals surface area contributed by atoms with Crippen LogP contribution in [-0.2, 0) is 0 Å². The van der Waals surface area contributed by atoms with E-state index in [0.29, 0.717) is 0 Å². The van der Waals surface area contributed by atoms with Crippen LogP contribution >= 0.6 is 22.7 Å². The Morgan fingerprint density at radius 1 is 0.875 bits per heavy atom. The van der Waals surface area contributed by atoms with Gasteiger partial charge in [-0.1, -0.05) is 36.5 Å². The molecule has 2 N–H and O–H groups in total. The Hall–Kier alpha value is -2.06. The van der Waals surface area contributed by atoms with E-state index in [1.165, 1.54) is 0 Å². The molecule has 0 spiro atoms. The molecular formula is C16H20N6S2. The number of benzene rings is 1. The van der Waals surface area contributed by atoms with Crippen LogP contribution in [0.3, 0.4) is 0 Å². The molecule has 3 rings (SSSR count). The van der Waals surface area contributed by atoms with Crippen molar-refractivity contribution in [2.24, 2.45) is 10.2 Å². The van der Waals surface area contributed by atoms with Crippen LogP contribution in [0, 0.1) is 0 Å². The van der Waals surface area contributed by atoms with E-state index in [2.05, 4.69) is 50.9 Å². The van der Waals surface area contributed by atoms with Crippen LogP contribution in [0.2, 0.25) is 0 Å². The molecule has 126 valence electrons. The summed E-state index contributed by atoms with van der Waals surface area (Å²) in [5, 5.41) is 10.2. The lowest BCUT2D eigenvalue weighted by Crippen LogP contribution is -1.94. The lowest BCUT2D eigenvalue weighted by atomic mass is 10.3. The summed E-state index contributed by atoms with van der Waals surface area (Å²) in [6, 6.07) is 4.14. The predicted molar refractivity (Wildman–Crippen MR) is 107 cm³/mol. The molecule has 3 aromatic rings. The van der Waals surface area contributed by atoms with Gasteiger partial charge in [-0.15, -0.1) is 0 Å². The lowest BCUT2D eigenvalue weighted by Gasteiger charge is -1.95. The first-order chi connectivity index (χ1) is 11.6. The molecule has 0 aliphatic carbocycles. The third-order valence-electron chi connectivity index (χ3n) is 3.61. The van der Waals surface area contributed by atoms with Crippen LogP contribution < -0.4 is 10.9 Å². The largest absolute Gasteiger partial charge is 0.253 e. The smallest absolute Gasteiger partial charge is 0.204 e. The fourth-order valence-electron chi connectivity index (χ4n) is 1.89. The highest BCUT2D eigenvalue weighted by Crippen LogP contribution is 2.34. The molecule has 6 nitrogen and oxygen atoms in total. The van der Waals surface area contributed by atoms with Crippen molar-refractivity contribution in [2.75, 3.05) is 10.9 Å². The standard InChI is InChI=1S/C16H20N6S2/c1-5-9(3)19-21-15-17-11-7-12-14(8-13(11)23-15)24-16(18-12)22-20-10(4)6-2/h7-8H,5-6H2,1-4H3,(H,17,21)(H,18,22)/b19-9-,20-10+. The predicted octanol–water partition coefficient (Wildman–Crippen LogP) is 5.30. The number of hydrogen-bond donors (Lipinski definition) is 2. The molecule has 0 saturated heterocycles. The first-order valence-corrected chi connectivity index (χ1v) is 9.51. The van der Waals surface area contributed by atoms with Crippen molar-refractivity contribution >= 4 is 64.8 Å². The van der Waals surface area contributed by atoms with Crippen molar-refractivity contribution in [3.05, 3.63) is 12.1 Å². The van der Waals surface area contributed by atoms with Gasteiger partial charge in [0.05, 0.1) is 20.4 Å². The number of nitrogens with one attached hydrogen (secondary N) is 2. The molecule has 0 aliphatic rings. The highest BCUT2D eigenvalue weighted by Gasteiger charge is 2.09. The summed E-state index contributed by atoms with van der Waals surface area (Å²) >= 11 is 3.19. The highest BCUT2D eigenvalue weighted by molar-refractivity contribution is 7.24.